The molecular formula is C14H17NO2. The normalized spacial score (nSPS) is 23.4. The van der Waals surface area contributed by atoms with Crippen LogP contribution in [0, 0.1) is 0 Å². The molecule has 1 aliphatic rings. The average Bonchev–Trinajstić information content (AvgIpc) is 2.55. The van der Waals surface area contributed by atoms with Gasteiger partial charge in [-0.2, -0.15) is 0 Å². The van der Waals surface area contributed by atoms with Crippen molar-refractivity contribution in [3.05, 3.63) is 47.2 Å². The number of ketones is 1. The first kappa shape index (κ1) is 11.9. The summed E-state index contributed by atoms with van der Waals surface area (Å²) in [6.45, 7) is 3.36. The van der Waals surface area contributed by atoms with E-state index in [4.69, 9.17) is 0 Å². The number of benzene rings is 1. The number of allylic oxidation sites excluding steroid dienone is 2. The van der Waals surface area contributed by atoms with E-state index in [2.05, 4.69) is 5.32 Å². The number of rotatable bonds is 3. The third kappa shape index (κ3) is 2.56. The van der Waals surface area contributed by atoms with E-state index in [0.717, 1.165) is 11.3 Å². The van der Waals surface area contributed by atoms with Gasteiger partial charge >= 0.3 is 0 Å². The lowest BCUT2D eigenvalue weighted by Gasteiger charge is -2.19. The van der Waals surface area contributed by atoms with Crippen molar-refractivity contribution < 1.29 is 9.90 Å². The fourth-order valence-corrected chi connectivity index (χ4v) is 2.34. The smallest absolute Gasteiger partial charge is 0.154 e. The van der Waals surface area contributed by atoms with Crippen molar-refractivity contribution in [1.82, 2.24) is 5.32 Å². The minimum absolute atomic E-state index is 0.00997. The summed E-state index contributed by atoms with van der Waals surface area (Å²) < 4.78 is 0. The Bertz CT molecular complexity index is 465. The third-order valence-electron chi connectivity index (χ3n) is 3.01. The summed E-state index contributed by atoms with van der Waals surface area (Å²) in [4.78, 5) is 11.0. The molecule has 0 spiro atoms. The topological polar surface area (TPSA) is 49.3 Å². The first-order valence-corrected chi connectivity index (χ1v) is 5.79. The largest absolute Gasteiger partial charge is 0.390 e. The molecule has 0 aromatic heterocycles. The van der Waals surface area contributed by atoms with Gasteiger partial charge in [0.05, 0.1) is 12.1 Å². The Hall–Kier alpha value is -1.61. The Labute approximate surface area is 101 Å². The molecule has 3 heteroatoms. The third-order valence-corrected chi connectivity index (χ3v) is 3.01. The zero-order valence-corrected chi connectivity index (χ0v) is 10.1. The molecule has 0 radical (unpaired) electrons. The maximum Gasteiger partial charge on any atom is 0.154 e. The van der Waals surface area contributed by atoms with E-state index >= 15 is 0 Å². The standard InChI is InChI=1S/C14H17NO2/c1-9(7-10(2)16)15-14-12-6-4-3-5-11(12)8-13(14)17/h3-7,13-15,17H,8H2,1-2H3/b9-7-/t13-,14+/m1/s1. The molecule has 0 aliphatic heterocycles. The van der Waals surface area contributed by atoms with E-state index in [-0.39, 0.29) is 11.8 Å². The van der Waals surface area contributed by atoms with Gasteiger partial charge in [-0.25, -0.2) is 0 Å². The molecule has 2 atom stereocenters. The zero-order valence-electron chi connectivity index (χ0n) is 10.1. The molecule has 2 rings (SSSR count). The Morgan fingerprint density at radius 1 is 1.41 bits per heavy atom. The fourth-order valence-electron chi connectivity index (χ4n) is 2.34. The van der Waals surface area contributed by atoms with Crippen molar-refractivity contribution in [2.45, 2.75) is 32.4 Å². The molecule has 1 aromatic rings. The number of aliphatic hydroxyl groups is 1. The Kier molecular flexibility index (Phi) is 3.29. The first-order chi connectivity index (χ1) is 8.08. The van der Waals surface area contributed by atoms with Crippen molar-refractivity contribution >= 4 is 5.78 Å². The van der Waals surface area contributed by atoms with Crippen molar-refractivity contribution in [1.29, 1.82) is 0 Å². The van der Waals surface area contributed by atoms with Gasteiger partial charge in [0.2, 0.25) is 0 Å². The van der Waals surface area contributed by atoms with Gasteiger partial charge in [-0.15, -0.1) is 0 Å². The lowest BCUT2D eigenvalue weighted by molar-refractivity contribution is -0.112. The molecule has 0 bridgehead atoms. The molecule has 0 fully saturated rings. The Morgan fingerprint density at radius 3 is 2.82 bits per heavy atom. The van der Waals surface area contributed by atoms with Crippen LogP contribution < -0.4 is 5.32 Å². The van der Waals surface area contributed by atoms with Crippen molar-refractivity contribution in [3.8, 4) is 0 Å². The number of carbonyl (C=O) groups is 1. The molecular weight excluding hydrogens is 214 g/mol. The highest BCUT2D eigenvalue weighted by Crippen LogP contribution is 2.31. The van der Waals surface area contributed by atoms with Gasteiger partial charge in [0.25, 0.3) is 0 Å². The van der Waals surface area contributed by atoms with Crippen molar-refractivity contribution in [2.24, 2.45) is 0 Å². The highest BCUT2D eigenvalue weighted by molar-refractivity contribution is 5.87. The first-order valence-electron chi connectivity index (χ1n) is 5.79. The predicted molar refractivity (Wildman–Crippen MR) is 66.5 cm³/mol. The van der Waals surface area contributed by atoms with Gasteiger partial charge in [-0.1, -0.05) is 24.3 Å². The van der Waals surface area contributed by atoms with Crippen LogP contribution in [-0.2, 0) is 11.2 Å². The SMILES string of the molecule is CC(=O)/C=C(/C)N[C@H]1c2ccccc2C[C@H]1O. The number of fused-ring (bicyclic) bond motifs is 1. The second-order valence-electron chi connectivity index (χ2n) is 4.53. The predicted octanol–water partition coefficient (Wildman–Crippen LogP) is 1.73. The molecule has 1 aromatic carbocycles. The van der Waals surface area contributed by atoms with E-state index in [1.807, 2.05) is 31.2 Å². The minimum atomic E-state index is -0.428. The summed E-state index contributed by atoms with van der Waals surface area (Å²) in [5, 5.41) is 13.2. The summed E-state index contributed by atoms with van der Waals surface area (Å²) >= 11 is 0. The van der Waals surface area contributed by atoms with Gasteiger partial charge in [0.15, 0.2) is 5.78 Å². The van der Waals surface area contributed by atoms with Crippen LogP contribution in [0.2, 0.25) is 0 Å². The van der Waals surface area contributed by atoms with E-state index in [1.165, 1.54) is 12.5 Å². The summed E-state index contributed by atoms with van der Waals surface area (Å²) in [6, 6.07) is 7.89. The van der Waals surface area contributed by atoms with Gasteiger partial charge in [0, 0.05) is 12.1 Å². The second kappa shape index (κ2) is 4.72. The van der Waals surface area contributed by atoms with Gasteiger partial charge in [-0.3, -0.25) is 4.79 Å². The zero-order chi connectivity index (χ0) is 12.4. The van der Waals surface area contributed by atoms with Crippen LogP contribution in [0.5, 0.6) is 0 Å². The quantitative estimate of drug-likeness (QED) is 0.779. The molecule has 3 nitrogen and oxygen atoms in total. The van der Waals surface area contributed by atoms with Crippen LogP contribution in [0.4, 0.5) is 0 Å². The number of carbonyl (C=O) groups excluding carboxylic acids is 1. The number of nitrogens with one attached hydrogen (secondary N) is 1. The second-order valence-corrected chi connectivity index (χ2v) is 4.53. The summed E-state index contributed by atoms with van der Waals surface area (Å²) in [6.07, 6.45) is 1.79. The Morgan fingerprint density at radius 2 is 2.12 bits per heavy atom. The van der Waals surface area contributed by atoms with Crippen LogP contribution in [0.3, 0.4) is 0 Å². The minimum Gasteiger partial charge on any atom is -0.390 e. The summed E-state index contributed by atoms with van der Waals surface area (Å²) in [5.41, 5.74) is 3.09. The van der Waals surface area contributed by atoms with Gasteiger partial charge in [0.1, 0.15) is 0 Å². The molecule has 17 heavy (non-hydrogen) atoms. The summed E-state index contributed by atoms with van der Waals surface area (Å²) in [7, 11) is 0. The van der Waals surface area contributed by atoms with E-state index in [1.54, 1.807) is 6.08 Å². The van der Waals surface area contributed by atoms with Crippen molar-refractivity contribution in [3.63, 3.8) is 0 Å². The average molecular weight is 231 g/mol. The molecule has 1 aliphatic carbocycles. The maximum absolute atomic E-state index is 11.0. The molecule has 0 unspecified atom stereocenters. The highest BCUT2D eigenvalue weighted by atomic mass is 16.3. The van der Waals surface area contributed by atoms with Crippen LogP contribution in [0.25, 0.3) is 0 Å². The van der Waals surface area contributed by atoms with E-state index < -0.39 is 6.10 Å². The Balaban J connectivity index is 2.20. The van der Waals surface area contributed by atoms with Gasteiger partial charge in [-0.05, 0) is 31.1 Å². The number of aliphatic hydroxyl groups excluding tert-OH is 1. The lowest BCUT2D eigenvalue weighted by atomic mass is 10.1. The summed E-state index contributed by atoms with van der Waals surface area (Å²) in [5.74, 6) is 0.00997. The monoisotopic (exact) mass is 231 g/mol. The van der Waals surface area contributed by atoms with E-state index in [9.17, 15) is 9.90 Å². The fraction of sp³-hybridized carbons (Fsp3) is 0.357. The molecule has 0 heterocycles. The van der Waals surface area contributed by atoms with Gasteiger partial charge < -0.3 is 10.4 Å². The highest BCUT2D eigenvalue weighted by Gasteiger charge is 2.30. The van der Waals surface area contributed by atoms with E-state index in [0.29, 0.717) is 6.42 Å². The molecule has 0 saturated carbocycles. The lowest BCUT2D eigenvalue weighted by Crippen LogP contribution is -2.27. The molecule has 0 saturated heterocycles. The van der Waals surface area contributed by atoms with Crippen LogP contribution >= 0.6 is 0 Å². The van der Waals surface area contributed by atoms with Crippen LogP contribution in [0.15, 0.2) is 36.0 Å². The van der Waals surface area contributed by atoms with Crippen LogP contribution in [-0.4, -0.2) is 17.0 Å². The van der Waals surface area contributed by atoms with Crippen molar-refractivity contribution in [2.75, 3.05) is 0 Å². The van der Waals surface area contributed by atoms with Crippen LogP contribution in [0.1, 0.15) is 31.0 Å². The maximum atomic E-state index is 11.0. The number of hydrogen-bond donors (Lipinski definition) is 2. The molecule has 0 amide bonds. The molecule has 90 valence electrons. The number of hydrogen-bond acceptors (Lipinski definition) is 3. The molecule has 2 N–H and O–H groups in total.